The summed E-state index contributed by atoms with van der Waals surface area (Å²) in [4.78, 5) is 0.226. The number of sulfonamides is 1. The summed E-state index contributed by atoms with van der Waals surface area (Å²) >= 11 is 5.53. The lowest BCUT2D eigenvalue weighted by Crippen LogP contribution is -2.26. The van der Waals surface area contributed by atoms with E-state index < -0.39 is 16.1 Å². The second kappa shape index (κ2) is 8.48. The van der Waals surface area contributed by atoms with Gasteiger partial charge in [-0.2, -0.15) is 4.31 Å². The summed E-state index contributed by atoms with van der Waals surface area (Å²) < 4.78 is 26.5. The molecule has 0 aliphatic carbocycles. The fourth-order valence-electron chi connectivity index (χ4n) is 2.14. The molecule has 2 N–H and O–H groups in total. The van der Waals surface area contributed by atoms with Gasteiger partial charge in [0.15, 0.2) is 0 Å². The van der Waals surface area contributed by atoms with Gasteiger partial charge in [0.05, 0.1) is 16.9 Å². The highest BCUT2D eigenvalue weighted by atomic mass is 35.5. The van der Waals surface area contributed by atoms with Crippen molar-refractivity contribution in [2.45, 2.75) is 17.5 Å². The highest BCUT2D eigenvalue weighted by Crippen LogP contribution is 2.19. The van der Waals surface area contributed by atoms with Crippen LogP contribution in [0.15, 0.2) is 59.5 Å². The molecule has 0 saturated carbocycles. The first-order chi connectivity index (χ1) is 11.4. The quantitative estimate of drug-likeness (QED) is 0.702. The molecule has 2 rings (SSSR count). The van der Waals surface area contributed by atoms with E-state index in [1.807, 2.05) is 30.3 Å². The highest BCUT2D eigenvalue weighted by Gasteiger charge is 2.20. The molecule has 0 radical (unpaired) electrons. The van der Waals surface area contributed by atoms with Crippen LogP contribution in [0.25, 0.3) is 0 Å². The molecule has 0 saturated heterocycles. The number of hydrogen-bond acceptors (Lipinski definition) is 4. The van der Waals surface area contributed by atoms with Gasteiger partial charge in [-0.3, -0.25) is 0 Å². The first-order valence-electron chi connectivity index (χ1n) is 7.51. The molecule has 2 aromatic rings. The van der Waals surface area contributed by atoms with E-state index in [1.54, 1.807) is 31.3 Å². The summed E-state index contributed by atoms with van der Waals surface area (Å²) in [5, 5.41) is 12.4. The lowest BCUT2D eigenvalue weighted by atomic mass is 10.2. The zero-order valence-electron chi connectivity index (χ0n) is 13.4. The molecule has 24 heavy (non-hydrogen) atoms. The summed E-state index contributed by atoms with van der Waals surface area (Å²) in [6.07, 6.45) is -0.646. The third-order valence-electron chi connectivity index (χ3n) is 3.53. The van der Waals surface area contributed by atoms with Crippen LogP contribution in [0.4, 0.5) is 5.69 Å². The minimum absolute atomic E-state index is 0.143. The summed E-state index contributed by atoms with van der Waals surface area (Å²) in [5.74, 6) is 0.143. The first-order valence-corrected chi connectivity index (χ1v) is 9.49. The number of rotatable bonds is 8. The zero-order chi connectivity index (χ0) is 17.6. The van der Waals surface area contributed by atoms with Crippen molar-refractivity contribution in [1.29, 1.82) is 0 Å². The van der Waals surface area contributed by atoms with E-state index >= 15 is 0 Å². The van der Waals surface area contributed by atoms with Gasteiger partial charge in [-0.25, -0.2) is 8.42 Å². The summed E-state index contributed by atoms with van der Waals surface area (Å²) in [5.41, 5.74) is 1.65. The Morgan fingerprint density at radius 2 is 1.75 bits per heavy atom. The molecule has 1 unspecified atom stereocenters. The Hall–Kier alpha value is -1.60. The van der Waals surface area contributed by atoms with Crippen molar-refractivity contribution in [2.24, 2.45) is 0 Å². The van der Waals surface area contributed by atoms with Crippen LogP contribution in [0.1, 0.15) is 5.56 Å². The Kier molecular flexibility index (Phi) is 6.62. The highest BCUT2D eigenvalue weighted by molar-refractivity contribution is 7.89. The third-order valence-corrected chi connectivity index (χ3v) is 5.70. The Balaban J connectivity index is 2.06. The van der Waals surface area contributed by atoms with E-state index in [-0.39, 0.29) is 10.8 Å². The number of aliphatic hydroxyl groups excluding tert-OH is 1. The number of hydrogen-bond donors (Lipinski definition) is 2. The van der Waals surface area contributed by atoms with Gasteiger partial charge >= 0.3 is 0 Å². The maximum Gasteiger partial charge on any atom is 0.243 e. The van der Waals surface area contributed by atoms with Crippen molar-refractivity contribution in [3.63, 3.8) is 0 Å². The van der Waals surface area contributed by atoms with Crippen LogP contribution in [-0.4, -0.2) is 43.4 Å². The summed E-state index contributed by atoms with van der Waals surface area (Å²) in [6, 6.07) is 15.9. The molecule has 0 aliphatic rings. The Bertz CT molecular complexity index is 736. The molecule has 0 bridgehead atoms. The minimum atomic E-state index is -3.55. The van der Waals surface area contributed by atoms with E-state index in [4.69, 9.17) is 11.6 Å². The first kappa shape index (κ1) is 18.7. The topological polar surface area (TPSA) is 69.6 Å². The van der Waals surface area contributed by atoms with Crippen LogP contribution in [-0.2, 0) is 16.6 Å². The Morgan fingerprint density at radius 1 is 1.12 bits per heavy atom. The van der Waals surface area contributed by atoms with Gasteiger partial charge in [0.1, 0.15) is 0 Å². The van der Waals surface area contributed by atoms with Crippen LogP contribution in [0.5, 0.6) is 0 Å². The number of alkyl halides is 1. The average molecular weight is 369 g/mol. The van der Waals surface area contributed by atoms with Crippen LogP contribution in [0, 0.1) is 0 Å². The molecule has 130 valence electrons. The van der Waals surface area contributed by atoms with E-state index in [9.17, 15) is 13.5 Å². The fraction of sp³-hybridized carbons (Fsp3) is 0.294. The number of benzene rings is 2. The fourth-order valence-corrected chi connectivity index (χ4v) is 3.41. The monoisotopic (exact) mass is 368 g/mol. The molecule has 7 heteroatoms. The lowest BCUT2D eigenvalue weighted by Gasteiger charge is -2.18. The second-order valence-corrected chi connectivity index (χ2v) is 7.81. The van der Waals surface area contributed by atoms with Gasteiger partial charge in [-0.1, -0.05) is 30.3 Å². The van der Waals surface area contributed by atoms with Crippen LogP contribution >= 0.6 is 11.6 Å². The van der Waals surface area contributed by atoms with Gasteiger partial charge in [0.25, 0.3) is 0 Å². The van der Waals surface area contributed by atoms with Crippen LogP contribution in [0.2, 0.25) is 0 Å². The number of halogens is 1. The Labute approximate surface area is 147 Å². The predicted octanol–water partition coefficient (Wildman–Crippen LogP) is 2.52. The van der Waals surface area contributed by atoms with Gasteiger partial charge in [0.2, 0.25) is 10.0 Å². The number of aliphatic hydroxyl groups is 1. The molecule has 2 aromatic carbocycles. The largest absolute Gasteiger partial charge is 0.390 e. The SMILES string of the molecule is CN(Cc1ccccc1)S(=O)(=O)c1ccc(NCC(O)CCl)cc1. The lowest BCUT2D eigenvalue weighted by molar-refractivity contribution is 0.211. The van der Waals surface area contributed by atoms with Crippen molar-refractivity contribution >= 4 is 27.3 Å². The van der Waals surface area contributed by atoms with E-state index in [2.05, 4.69) is 5.32 Å². The van der Waals surface area contributed by atoms with Gasteiger partial charge < -0.3 is 10.4 Å². The van der Waals surface area contributed by atoms with Gasteiger partial charge in [-0.05, 0) is 29.8 Å². The van der Waals surface area contributed by atoms with Crippen molar-refractivity contribution in [3.05, 3.63) is 60.2 Å². The van der Waals surface area contributed by atoms with Gasteiger partial charge in [-0.15, -0.1) is 11.6 Å². The normalized spacial score (nSPS) is 13.0. The number of nitrogens with one attached hydrogen (secondary N) is 1. The van der Waals surface area contributed by atoms with Crippen LogP contribution < -0.4 is 5.32 Å². The molecule has 0 spiro atoms. The molecule has 1 atom stereocenters. The number of nitrogens with zero attached hydrogens (tertiary/aromatic N) is 1. The van der Waals surface area contributed by atoms with Crippen molar-refractivity contribution in [1.82, 2.24) is 4.31 Å². The smallest absolute Gasteiger partial charge is 0.243 e. The molecule has 0 heterocycles. The molecule has 0 aromatic heterocycles. The molecule has 0 fully saturated rings. The van der Waals surface area contributed by atoms with Gasteiger partial charge in [0, 0.05) is 25.8 Å². The maximum atomic E-state index is 12.6. The molecular weight excluding hydrogens is 348 g/mol. The van der Waals surface area contributed by atoms with E-state index in [0.717, 1.165) is 11.3 Å². The molecular formula is C17H21ClN2O3S. The standard InChI is InChI=1S/C17H21ClN2O3S/c1-20(13-14-5-3-2-4-6-14)24(22,23)17-9-7-15(8-10-17)19-12-16(21)11-18/h2-10,16,19,21H,11-13H2,1H3. The van der Waals surface area contributed by atoms with E-state index in [1.165, 1.54) is 4.31 Å². The average Bonchev–Trinajstić information content (AvgIpc) is 2.60. The zero-order valence-corrected chi connectivity index (χ0v) is 15.0. The summed E-state index contributed by atoms with van der Waals surface area (Å²) in [6.45, 7) is 0.620. The van der Waals surface area contributed by atoms with Crippen molar-refractivity contribution < 1.29 is 13.5 Å². The van der Waals surface area contributed by atoms with Crippen LogP contribution in [0.3, 0.4) is 0 Å². The predicted molar refractivity (Wildman–Crippen MR) is 96.8 cm³/mol. The second-order valence-electron chi connectivity index (χ2n) is 5.46. The molecule has 5 nitrogen and oxygen atoms in total. The van der Waals surface area contributed by atoms with Crippen molar-refractivity contribution in [3.8, 4) is 0 Å². The number of anilines is 1. The molecule has 0 amide bonds. The maximum absolute atomic E-state index is 12.6. The van der Waals surface area contributed by atoms with E-state index in [0.29, 0.717) is 13.1 Å². The molecule has 0 aliphatic heterocycles. The Morgan fingerprint density at radius 3 is 2.33 bits per heavy atom. The summed E-state index contributed by atoms with van der Waals surface area (Å²) in [7, 11) is -1.99. The van der Waals surface area contributed by atoms with Crippen molar-refractivity contribution in [2.75, 3.05) is 24.8 Å². The minimum Gasteiger partial charge on any atom is -0.390 e. The third kappa shape index (κ3) is 4.95.